The molecule has 178 valence electrons. The van der Waals surface area contributed by atoms with Gasteiger partial charge in [0, 0.05) is 36.8 Å². The molecular weight excluding hydrogens is 457 g/mol. The predicted molar refractivity (Wildman–Crippen MR) is 124 cm³/mol. The summed E-state index contributed by atoms with van der Waals surface area (Å²) in [5.41, 5.74) is 7.46. The maximum Gasteiger partial charge on any atom is 0.573 e. The molecule has 4 rings (SSSR count). The molecule has 33 heavy (non-hydrogen) atoms. The minimum Gasteiger partial charge on any atom is -0.406 e. The number of anilines is 2. The van der Waals surface area contributed by atoms with Crippen molar-refractivity contribution in [1.82, 2.24) is 4.98 Å². The van der Waals surface area contributed by atoms with Crippen molar-refractivity contribution in [3.63, 3.8) is 0 Å². The summed E-state index contributed by atoms with van der Waals surface area (Å²) in [6, 6.07) is 13.0. The van der Waals surface area contributed by atoms with E-state index in [4.69, 9.17) is 5.73 Å². The zero-order valence-electron chi connectivity index (χ0n) is 17.7. The van der Waals surface area contributed by atoms with Gasteiger partial charge < -0.3 is 20.7 Å². The molecular formula is C22H25F3N4O3S. The highest BCUT2D eigenvalue weighted by Crippen LogP contribution is 2.51. The van der Waals surface area contributed by atoms with E-state index in [9.17, 15) is 22.3 Å². The molecule has 0 atom stereocenters. The molecule has 1 aliphatic heterocycles. The van der Waals surface area contributed by atoms with E-state index in [-0.39, 0.29) is 11.5 Å². The molecule has 3 aromatic rings. The molecule has 0 radical (unpaired) electrons. The fourth-order valence-electron chi connectivity index (χ4n) is 3.80. The number of ether oxygens (including phenoxy) is 1. The Morgan fingerprint density at radius 3 is 2.70 bits per heavy atom. The quantitative estimate of drug-likeness (QED) is 0.366. The van der Waals surface area contributed by atoms with Gasteiger partial charge in [-0.1, -0.05) is 18.2 Å². The molecule has 0 bridgehead atoms. The molecule has 2 heterocycles. The Bertz CT molecular complexity index is 1140. The standard InChI is InChI=1S/C22H25F3N4O3S/c23-22(24,25)32-16-6-7-18-17(12-16)19(27-9-3-8-26)13-21(28-18)29-10-11-33(30,31)20-5-2-1-4-15(20)14-29/h1-2,4-7,12-13,30-31H,3,8-11,14,26H2,(H,27,28). The minimum atomic E-state index is -4.79. The second-order valence-electron chi connectivity index (χ2n) is 7.72. The SMILES string of the molecule is NCCCNc1cc(N2CCS(O)(O)c3ccccc3C2)nc2ccc(OC(F)(F)F)cc12. The number of hydrogen-bond acceptors (Lipinski definition) is 7. The second-order valence-corrected chi connectivity index (χ2v) is 9.91. The Hall–Kier alpha value is -2.73. The molecule has 0 fully saturated rings. The van der Waals surface area contributed by atoms with Crippen LogP contribution in [0, 0.1) is 0 Å². The number of nitrogens with one attached hydrogen (secondary N) is 1. The summed E-state index contributed by atoms with van der Waals surface area (Å²) in [7, 11) is -2.93. The molecule has 2 aromatic carbocycles. The van der Waals surface area contributed by atoms with Gasteiger partial charge in [-0.15, -0.1) is 13.2 Å². The first kappa shape index (κ1) is 23.4. The topological polar surface area (TPSA) is 104 Å². The Kier molecular flexibility index (Phi) is 6.57. The van der Waals surface area contributed by atoms with E-state index in [0.717, 1.165) is 5.56 Å². The molecule has 0 aliphatic carbocycles. The molecule has 0 amide bonds. The van der Waals surface area contributed by atoms with Gasteiger partial charge in [-0.3, -0.25) is 9.11 Å². The normalized spacial score (nSPS) is 16.7. The Labute approximate surface area is 190 Å². The van der Waals surface area contributed by atoms with Gasteiger partial charge in [0.2, 0.25) is 0 Å². The zero-order chi connectivity index (χ0) is 23.6. The molecule has 0 saturated carbocycles. The van der Waals surface area contributed by atoms with Gasteiger partial charge in [0.05, 0.1) is 16.2 Å². The molecule has 7 nitrogen and oxygen atoms in total. The van der Waals surface area contributed by atoms with E-state index in [1.807, 2.05) is 17.0 Å². The fourth-order valence-corrected chi connectivity index (χ4v) is 5.35. The van der Waals surface area contributed by atoms with Crippen LogP contribution < -0.4 is 20.7 Å². The number of rotatable bonds is 6. The number of alkyl halides is 3. The zero-order valence-corrected chi connectivity index (χ0v) is 18.5. The summed E-state index contributed by atoms with van der Waals surface area (Å²) < 4.78 is 63.4. The van der Waals surface area contributed by atoms with Gasteiger partial charge in [-0.05, 0) is 42.8 Å². The van der Waals surface area contributed by atoms with E-state index < -0.39 is 17.0 Å². The van der Waals surface area contributed by atoms with Crippen LogP contribution in [0.1, 0.15) is 12.0 Å². The Morgan fingerprint density at radius 2 is 1.94 bits per heavy atom. The van der Waals surface area contributed by atoms with Crippen LogP contribution in [0.5, 0.6) is 5.75 Å². The van der Waals surface area contributed by atoms with Gasteiger partial charge in [0.1, 0.15) is 11.6 Å². The van der Waals surface area contributed by atoms with Crippen molar-refractivity contribution in [1.29, 1.82) is 0 Å². The lowest BCUT2D eigenvalue weighted by Gasteiger charge is -2.32. The van der Waals surface area contributed by atoms with E-state index in [1.54, 1.807) is 18.2 Å². The van der Waals surface area contributed by atoms with E-state index in [2.05, 4.69) is 15.0 Å². The molecule has 0 saturated heterocycles. The third-order valence-electron chi connectivity index (χ3n) is 5.35. The lowest BCUT2D eigenvalue weighted by molar-refractivity contribution is -0.274. The van der Waals surface area contributed by atoms with Crippen molar-refractivity contribution in [3.8, 4) is 5.75 Å². The summed E-state index contributed by atoms with van der Waals surface area (Å²) in [6.07, 6.45) is -4.12. The smallest absolute Gasteiger partial charge is 0.406 e. The van der Waals surface area contributed by atoms with Crippen molar-refractivity contribution in [2.45, 2.75) is 24.2 Å². The van der Waals surface area contributed by atoms with Crippen LogP contribution in [-0.4, -0.2) is 45.8 Å². The van der Waals surface area contributed by atoms with Gasteiger partial charge in [-0.2, -0.15) is 10.6 Å². The van der Waals surface area contributed by atoms with Crippen molar-refractivity contribution >= 4 is 33.0 Å². The number of pyridine rings is 1. The summed E-state index contributed by atoms with van der Waals surface area (Å²) >= 11 is 0. The monoisotopic (exact) mass is 482 g/mol. The first-order chi connectivity index (χ1) is 15.7. The number of hydrogen-bond donors (Lipinski definition) is 4. The number of fused-ring (bicyclic) bond motifs is 2. The van der Waals surface area contributed by atoms with Crippen LogP contribution in [0.4, 0.5) is 24.7 Å². The fraction of sp³-hybridized carbons (Fsp3) is 0.318. The minimum absolute atomic E-state index is 0.151. The first-order valence-electron chi connectivity index (χ1n) is 10.4. The van der Waals surface area contributed by atoms with Crippen molar-refractivity contribution in [3.05, 3.63) is 54.1 Å². The van der Waals surface area contributed by atoms with Gasteiger partial charge >= 0.3 is 6.36 Å². The third-order valence-corrected chi connectivity index (χ3v) is 7.21. The molecule has 1 aliphatic rings. The van der Waals surface area contributed by atoms with Crippen molar-refractivity contribution in [2.75, 3.05) is 35.6 Å². The van der Waals surface area contributed by atoms with E-state index >= 15 is 0 Å². The lowest BCUT2D eigenvalue weighted by Crippen LogP contribution is -2.26. The average molecular weight is 483 g/mol. The highest BCUT2D eigenvalue weighted by atomic mass is 32.3. The molecule has 11 heteroatoms. The number of nitrogens with zero attached hydrogens (tertiary/aromatic N) is 2. The summed E-state index contributed by atoms with van der Waals surface area (Å²) in [4.78, 5) is 7.13. The van der Waals surface area contributed by atoms with Gasteiger partial charge in [0.25, 0.3) is 0 Å². The summed E-state index contributed by atoms with van der Waals surface area (Å²) in [5, 5.41) is 3.72. The third kappa shape index (κ3) is 5.44. The van der Waals surface area contributed by atoms with Gasteiger partial charge in [-0.25, -0.2) is 4.98 Å². The van der Waals surface area contributed by atoms with Crippen LogP contribution in [0.15, 0.2) is 53.4 Å². The molecule has 0 spiro atoms. The number of halogens is 3. The maximum absolute atomic E-state index is 12.7. The van der Waals surface area contributed by atoms with Crippen LogP contribution >= 0.6 is 10.6 Å². The van der Waals surface area contributed by atoms with E-state index in [0.29, 0.717) is 59.9 Å². The van der Waals surface area contributed by atoms with Crippen molar-refractivity contribution < 1.29 is 27.0 Å². The highest BCUT2D eigenvalue weighted by Gasteiger charge is 2.31. The van der Waals surface area contributed by atoms with Crippen molar-refractivity contribution in [2.24, 2.45) is 5.73 Å². The number of aromatic nitrogens is 1. The highest BCUT2D eigenvalue weighted by molar-refractivity contribution is 8.24. The largest absolute Gasteiger partial charge is 0.573 e. The Balaban J connectivity index is 1.74. The van der Waals surface area contributed by atoms with E-state index in [1.165, 1.54) is 18.2 Å². The van der Waals surface area contributed by atoms with Crippen LogP contribution in [0.3, 0.4) is 0 Å². The number of nitrogens with two attached hydrogens (primary N) is 1. The molecule has 5 N–H and O–H groups in total. The second kappa shape index (κ2) is 9.26. The predicted octanol–water partition coefficient (Wildman–Crippen LogP) is 5.02. The molecule has 0 unspecified atom stereocenters. The van der Waals surface area contributed by atoms with Crippen LogP contribution in [0.25, 0.3) is 10.9 Å². The Morgan fingerprint density at radius 1 is 1.15 bits per heavy atom. The maximum atomic E-state index is 12.7. The number of benzene rings is 2. The van der Waals surface area contributed by atoms with Crippen LogP contribution in [-0.2, 0) is 6.54 Å². The summed E-state index contributed by atoms with van der Waals surface area (Å²) in [5.74, 6) is 0.399. The average Bonchev–Trinajstić information content (AvgIpc) is 2.89. The van der Waals surface area contributed by atoms with Gasteiger partial charge in [0.15, 0.2) is 0 Å². The lowest BCUT2D eigenvalue weighted by atomic mass is 10.1. The molecule has 1 aromatic heterocycles. The first-order valence-corrected chi connectivity index (χ1v) is 12.1. The summed E-state index contributed by atoms with van der Waals surface area (Å²) in [6.45, 7) is 1.77. The van der Waals surface area contributed by atoms with Crippen LogP contribution in [0.2, 0.25) is 0 Å².